The van der Waals surface area contributed by atoms with Crippen molar-refractivity contribution in [3.63, 3.8) is 0 Å². The van der Waals surface area contributed by atoms with Gasteiger partial charge in [-0.15, -0.1) is 11.3 Å². The molecule has 0 radical (unpaired) electrons. The molecule has 1 aliphatic rings. The summed E-state index contributed by atoms with van der Waals surface area (Å²) in [6.07, 6.45) is 0. The second-order valence-corrected chi connectivity index (χ2v) is 17.1. The molecule has 0 unspecified atom stereocenters. The summed E-state index contributed by atoms with van der Waals surface area (Å²) in [5, 5.41) is 2.62. The molecule has 0 saturated heterocycles. The summed E-state index contributed by atoms with van der Waals surface area (Å²) in [6.45, 7) is 4.73. The molecular weight excluding hydrogens is 731 g/mol. The fourth-order valence-corrected chi connectivity index (χ4v) is 10.6. The van der Waals surface area contributed by atoms with Crippen LogP contribution in [-0.2, 0) is 5.41 Å². The van der Waals surface area contributed by atoms with Gasteiger partial charge in [0.05, 0.1) is 0 Å². The van der Waals surface area contributed by atoms with E-state index in [1.54, 1.807) is 0 Å². The number of hydrogen-bond acceptors (Lipinski definition) is 2. The molecule has 0 saturated carbocycles. The van der Waals surface area contributed by atoms with Gasteiger partial charge in [0, 0.05) is 42.6 Å². The van der Waals surface area contributed by atoms with Crippen LogP contribution in [0.5, 0.6) is 0 Å². The third kappa shape index (κ3) is 5.99. The molecule has 1 nitrogen and oxygen atoms in total. The average molecular weight is 772 g/mol. The van der Waals surface area contributed by atoms with Gasteiger partial charge in [-0.2, -0.15) is 0 Å². The molecule has 11 rings (SSSR count). The molecule has 0 aliphatic heterocycles. The lowest BCUT2D eigenvalue weighted by Gasteiger charge is -2.26. The van der Waals surface area contributed by atoms with E-state index in [0.29, 0.717) is 0 Å². The van der Waals surface area contributed by atoms with E-state index >= 15 is 0 Å². The van der Waals surface area contributed by atoms with E-state index in [0.717, 1.165) is 17.1 Å². The fraction of sp³-hybridized carbons (Fsp3) is 0.0526. The molecule has 0 spiro atoms. The first-order valence-corrected chi connectivity index (χ1v) is 21.2. The van der Waals surface area contributed by atoms with Gasteiger partial charge in [0.1, 0.15) is 0 Å². The van der Waals surface area contributed by atoms with Gasteiger partial charge < -0.3 is 4.90 Å². The van der Waals surface area contributed by atoms with Crippen molar-refractivity contribution in [2.75, 3.05) is 4.90 Å². The van der Waals surface area contributed by atoms with Crippen LogP contribution in [0, 0.1) is 0 Å². The standard InChI is InChI=1S/C57H41NS/c1-57(2)53-22-10-9-17-49(53)50-36-29-43(37-54(50)57)48-19-12-21-52-51-20-11-18-47(55(51)59-56(48)52)42-27-34-46(35-28-42)58(44-30-23-40(24-31-44)38-13-5-3-6-14-38)45-32-25-41(26-33-45)39-15-7-4-8-16-39/h3-37H,1-2H3. The normalized spacial score (nSPS) is 12.7. The third-order valence-corrected chi connectivity index (χ3v) is 13.6. The summed E-state index contributed by atoms with van der Waals surface area (Å²) in [4.78, 5) is 2.36. The molecular formula is C57H41NS. The summed E-state index contributed by atoms with van der Waals surface area (Å²) in [6, 6.07) is 77.8. The van der Waals surface area contributed by atoms with Gasteiger partial charge in [0.15, 0.2) is 0 Å². The highest BCUT2D eigenvalue weighted by Crippen LogP contribution is 2.51. The van der Waals surface area contributed by atoms with Gasteiger partial charge in [0.25, 0.3) is 0 Å². The Bertz CT molecular complexity index is 3060. The molecule has 2 heteroatoms. The number of thiophene rings is 1. The Labute approximate surface area is 350 Å². The Morgan fingerprint density at radius 1 is 0.322 bits per heavy atom. The molecule has 10 aromatic rings. The Morgan fingerprint density at radius 3 is 1.27 bits per heavy atom. The Balaban J connectivity index is 0.973. The van der Waals surface area contributed by atoms with E-state index in [1.165, 1.54) is 86.9 Å². The predicted octanol–water partition coefficient (Wildman–Crippen LogP) is 16.5. The van der Waals surface area contributed by atoms with Crippen LogP contribution in [0.2, 0.25) is 0 Å². The number of nitrogens with zero attached hydrogens (tertiary/aromatic N) is 1. The van der Waals surface area contributed by atoms with Crippen LogP contribution in [0.4, 0.5) is 17.1 Å². The van der Waals surface area contributed by atoms with E-state index in [9.17, 15) is 0 Å². The number of fused-ring (bicyclic) bond motifs is 6. The maximum Gasteiger partial charge on any atom is 0.0462 e. The van der Waals surface area contributed by atoms with Gasteiger partial charge in [-0.25, -0.2) is 0 Å². The molecule has 0 fully saturated rings. The van der Waals surface area contributed by atoms with Crippen molar-refractivity contribution in [3.8, 4) is 55.6 Å². The fourth-order valence-electron chi connectivity index (χ4n) is 9.25. The molecule has 9 aromatic carbocycles. The Hall–Kier alpha value is -7.00. The molecule has 0 amide bonds. The monoisotopic (exact) mass is 771 g/mol. The molecule has 1 heterocycles. The molecule has 280 valence electrons. The lowest BCUT2D eigenvalue weighted by atomic mass is 9.81. The third-order valence-electron chi connectivity index (χ3n) is 12.3. The molecule has 0 bridgehead atoms. The molecule has 1 aromatic heterocycles. The minimum atomic E-state index is -0.0395. The zero-order valence-corrected chi connectivity index (χ0v) is 33.9. The molecule has 59 heavy (non-hydrogen) atoms. The van der Waals surface area contributed by atoms with Crippen LogP contribution in [0.1, 0.15) is 25.0 Å². The maximum absolute atomic E-state index is 2.45. The first kappa shape index (κ1) is 35.2. The maximum atomic E-state index is 2.45. The predicted molar refractivity (Wildman–Crippen MR) is 253 cm³/mol. The summed E-state index contributed by atoms with van der Waals surface area (Å²) in [7, 11) is 0. The van der Waals surface area contributed by atoms with Crippen molar-refractivity contribution in [2.24, 2.45) is 0 Å². The first-order valence-electron chi connectivity index (χ1n) is 20.4. The van der Waals surface area contributed by atoms with Gasteiger partial charge >= 0.3 is 0 Å². The van der Waals surface area contributed by atoms with Crippen molar-refractivity contribution >= 4 is 48.6 Å². The average Bonchev–Trinajstić information content (AvgIpc) is 3.80. The topological polar surface area (TPSA) is 3.24 Å². The molecule has 0 N–H and O–H groups in total. The summed E-state index contributed by atoms with van der Waals surface area (Å²) in [5.41, 5.74) is 18.7. The van der Waals surface area contributed by atoms with E-state index < -0.39 is 0 Å². The SMILES string of the molecule is CC1(C)c2ccccc2-c2ccc(-c3cccc4c3sc3c(-c5ccc(N(c6ccc(-c7ccccc7)cc6)c6ccc(-c7ccccc7)cc6)cc5)cccc34)cc21. The Kier molecular flexibility index (Phi) is 8.43. The van der Waals surface area contributed by atoms with E-state index in [-0.39, 0.29) is 5.41 Å². The van der Waals surface area contributed by atoms with Crippen LogP contribution in [-0.4, -0.2) is 0 Å². The molecule has 1 aliphatic carbocycles. The number of rotatable bonds is 7. The quantitative estimate of drug-likeness (QED) is 0.156. The highest BCUT2D eigenvalue weighted by Gasteiger charge is 2.35. The van der Waals surface area contributed by atoms with Gasteiger partial charge in [-0.3, -0.25) is 0 Å². The minimum Gasteiger partial charge on any atom is -0.311 e. The van der Waals surface area contributed by atoms with Crippen LogP contribution >= 0.6 is 11.3 Å². The van der Waals surface area contributed by atoms with Gasteiger partial charge in [-0.1, -0.05) is 184 Å². The first-order chi connectivity index (χ1) is 29.0. The summed E-state index contributed by atoms with van der Waals surface area (Å²) >= 11 is 1.92. The van der Waals surface area contributed by atoms with E-state index in [1.807, 2.05) is 11.3 Å². The summed E-state index contributed by atoms with van der Waals surface area (Å²) in [5.74, 6) is 0. The van der Waals surface area contributed by atoms with Crippen LogP contribution in [0.3, 0.4) is 0 Å². The zero-order chi connectivity index (χ0) is 39.5. The number of anilines is 3. The van der Waals surface area contributed by atoms with Gasteiger partial charge in [0.2, 0.25) is 0 Å². The lowest BCUT2D eigenvalue weighted by molar-refractivity contribution is 0.660. The molecule has 0 atom stereocenters. The number of hydrogen-bond donors (Lipinski definition) is 0. The van der Waals surface area contributed by atoms with Crippen LogP contribution in [0.25, 0.3) is 75.8 Å². The van der Waals surface area contributed by atoms with Crippen molar-refractivity contribution < 1.29 is 0 Å². The highest BCUT2D eigenvalue weighted by molar-refractivity contribution is 7.26. The highest BCUT2D eigenvalue weighted by atomic mass is 32.1. The van der Waals surface area contributed by atoms with E-state index in [4.69, 9.17) is 0 Å². The minimum absolute atomic E-state index is 0.0395. The van der Waals surface area contributed by atoms with Crippen molar-refractivity contribution in [1.29, 1.82) is 0 Å². The lowest BCUT2D eigenvalue weighted by Crippen LogP contribution is -2.14. The van der Waals surface area contributed by atoms with Crippen molar-refractivity contribution in [1.82, 2.24) is 0 Å². The van der Waals surface area contributed by atoms with Crippen LogP contribution in [0.15, 0.2) is 212 Å². The summed E-state index contributed by atoms with van der Waals surface area (Å²) < 4.78 is 2.66. The second kappa shape index (κ2) is 14.1. The van der Waals surface area contributed by atoms with Crippen molar-refractivity contribution in [2.45, 2.75) is 19.3 Å². The number of benzene rings is 9. The smallest absolute Gasteiger partial charge is 0.0462 e. The Morgan fingerprint density at radius 2 is 0.729 bits per heavy atom. The largest absolute Gasteiger partial charge is 0.311 e. The van der Waals surface area contributed by atoms with Gasteiger partial charge in [-0.05, 0) is 109 Å². The second-order valence-electron chi connectivity index (χ2n) is 16.1. The zero-order valence-electron chi connectivity index (χ0n) is 33.1. The van der Waals surface area contributed by atoms with Crippen LogP contribution < -0.4 is 4.90 Å². The van der Waals surface area contributed by atoms with Crippen molar-refractivity contribution in [3.05, 3.63) is 223 Å². The van der Waals surface area contributed by atoms with E-state index in [2.05, 4.69) is 231 Å².